The Morgan fingerprint density at radius 3 is 2.63 bits per heavy atom. The van der Waals surface area contributed by atoms with Crippen molar-refractivity contribution in [3.05, 3.63) is 35.4 Å². The Morgan fingerprint density at radius 2 is 2.00 bits per heavy atom. The Balaban J connectivity index is 1.85. The van der Waals surface area contributed by atoms with E-state index >= 15 is 0 Å². The van der Waals surface area contributed by atoms with Crippen molar-refractivity contribution in [2.45, 2.75) is 30.7 Å². The van der Waals surface area contributed by atoms with Crippen LogP contribution < -0.4 is 0 Å². The van der Waals surface area contributed by atoms with Gasteiger partial charge in [-0.25, -0.2) is 8.42 Å². The first-order valence-corrected chi connectivity index (χ1v) is 7.74. The van der Waals surface area contributed by atoms with Crippen LogP contribution in [0.5, 0.6) is 0 Å². The van der Waals surface area contributed by atoms with Crippen LogP contribution >= 0.6 is 0 Å². The third kappa shape index (κ3) is 2.08. The van der Waals surface area contributed by atoms with E-state index in [0.717, 1.165) is 15.6 Å². The summed E-state index contributed by atoms with van der Waals surface area (Å²) in [6, 6.07) is 7.74. The van der Waals surface area contributed by atoms with Gasteiger partial charge in [0.1, 0.15) is 4.75 Å². The fourth-order valence-electron chi connectivity index (χ4n) is 2.43. The molecule has 2 aliphatic rings. The topological polar surface area (TPSA) is 55.8 Å². The Bertz CT molecular complexity index is 580. The number of fused-ring (bicyclic) bond motifs is 1. The number of methoxy groups -OCH3 is 1. The smallest absolute Gasteiger partial charge is 0.244 e. The lowest BCUT2D eigenvalue weighted by Gasteiger charge is -2.30. The number of nitrogens with zero attached hydrogens (tertiary/aromatic N) is 1. The molecule has 19 heavy (non-hydrogen) atoms. The van der Waals surface area contributed by atoms with E-state index in [-0.39, 0.29) is 13.2 Å². The zero-order valence-corrected chi connectivity index (χ0v) is 11.6. The van der Waals surface area contributed by atoms with E-state index in [1.165, 1.54) is 7.11 Å². The van der Waals surface area contributed by atoms with Gasteiger partial charge in [0.25, 0.3) is 0 Å². The maximum atomic E-state index is 12.6. The van der Waals surface area contributed by atoms with Gasteiger partial charge >= 0.3 is 0 Å². The summed E-state index contributed by atoms with van der Waals surface area (Å²) in [5, 5.41) is 0. The van der Waals surface area contributed by atoms with Crippen LogP contribution in [0.4, 0.5) is 0 Å². The predicted octanol–water partition coefficient (Wildman–Crippen LogP) is 1.44. The van der Waals surface area contributed by atoms with Gasteiger partial charge < -0.3 is 4.74 Å². The van der Waals surface area contributed by atoms with E-state index in [1.54, 1.807) is 0 Å². The van der Waals surface area contributed by atoms with E-state index in [4.69, 9.17) is 9.57 Å². The fourth-order valence-corrected chi connectivity index (χ4v) is 4.25. The minimum atomic E-state index is -3.47. The van der Waals surface area contributed by atoms with Crippen LogP contribution in [0.1, 0.15) is 24.0 Å². The second-order valence-electron chi connectivity index (χ2n) is 5.12. The number of sulfonamides is 1. The lowest BCUT2D eigenvalue weighted by Crippen LogP contribution is -2.43. The number of hydrogen-bond acceptors (Lipinski definition) is 4. The van der Waals surface area contributed by atoms with Gasteiger partial charge in [-0.15, -0.1) is 0 Å². The maximum Gasteiger partial charge on any atom is 0.244 e. The summed E-state index contributed by atoms with van der Waals surface area (Å²) in [4.78, 5) is 5.43. The molecule has 0 radical (unpaired) electrons. The first-order chi connectivity index (χ1) is 9.09. The molecule has 5 nitrogen and oxygen atoms in total. The molecule has 1 fully saturated rings. The molecule has 6 heteroatoms. The Hall–Kier alpha value is -0.950. The molecule has 1 aliphatic heterocycles. The molecular formula is C13H17NO4S. The van der Waals surface area contributed by atoms with Crippen LogP contribution in [-0.2, 0) is 32.7 Å². The van der Waals surface area contributed by atoms with Gasteiger partial charge in [-0.2, -0.15) is 0 Å². The van der Waals surface area contributed by atoms with Gasteiger partial charge in [-0.05, 0) is 24.0 Å². The average molecular weight is 283 g/mol. The molecule has 0 aromatic heterocycles. The summed E-state index contributed by atoms with van der Waals surface area (Å²) in [6.07, 6.45) is 1.29. The summed E-state index contributed by atoms with van der Waals surface area (Å²) in [7, 11) is -1.94. The van der Waals surface area contributed by atoms with E-state index in [9.17, 15) is 8.42 Å². The van der Waals surface area contributed by atoms with Crippen LogP contribution in [-0.4, -0.2) is 31.4 Å². The maximum absolute atomic E-state index is 12.6. The van der Waals surface area contributed by atoms with Crippen LogP contribution in [0.2, 0.25) is 0 Å². The third-order valence-electron chi connectivity index (χ3n) is 3.81. The minimum Gasteiger partial charge on any atom is -0.383 e. The lowest BCUT2D eigenvalue weighted by atomic mass is 10.1. The molecule has 1 aliphatic carbocycles. The van der Waals surface area contributed by atoms with Crippen molar-refractivity contribution in [3.8, 4) is 0 Å². The highest BCUT2D eigenvalue weighted by Crippen LogP contribution is 2.46. The minimum absolute atomic E-state index is 0.233. The standard InChI is InChI=1S/C13H17NO4S/c1-17-10-13(6-7-13)19(15,16)14-8-11-4-2-3-5-12(11)9-18-14/h2-5H,6-10H2,1H3. The Labute approximate surface area is 113 Å². The molecular weight excluding hydrogens is 266 g/mol. The summed E-state index contributed by atoms with van der Waals surface area (Å²) >= 11 is 0. The highest BCUT2D eigenvalue weighted by molar-refractivity contribution is 7.90. The van der Waals surface area contributed by atoms with Gasteiger partial charge in [0.15, 0.2) is 0 Å². The lowest BCUT2D eigenvalue weighted by molar-refractivity contribution is -0.115. The van der Waals surface area contributed by atoms with E-state index in [0.29, 0.717) is 19.4 Å². The average Bonchev–Trinajstić information content (AvgIpc) is 3.20. The molecule has 0 amide bonds. The van der Waals surface area contributed by atoms with Crippen molar-refractivity contribution in [1.29, 1.82) is 0 Å². The molecule has 0 unspecified atom stereocenters. The van der Waals surface area contributed by atoms with Crippen LogP contribution in [0.3, 0.4) is 0 Å². The van der Waals surface area contributed by atoms with Crippen molar-refractivity contribution in [2.75, 3.05) is 13.7 Å². The zero-order valence-electron chi connectivity index (χ0n) is 10.8. The second-order valence-corrected chi connectivity index (χ2v) is 7.35. The van der Waals surface area contributed by atoms with Crippen molar-refractivity contribution < 1.29 is 18.0 Å². The van der Waals surface area contributed by atoms with Gasteiger partial charge in [-0.3, -0.25) is 4.84 Å². The summed E-state index contributed by atoms with van der Waals surface area (Å²) in [5.41, 5.74) is 2.05. The van der Waals surface area contributed by atoms with Crippen molar-refractivity contribution in [2.24, 2.45) is 0 Å². The van der Waals surface area contributed by atoms with Gasteiger partial charge in [0, 0.05) is 7.11 Å². The van der Waals surface area contributed by atoms with Crippen molar-refractivity contribution in [1.82, 2.24) is 4.47 Å². The van der Waals surface area contributed by atoms with Gasteiger partial charge in [-0.1, -0.05) is 28.7 Å². The molecule has 0 spiro atoms. The van der Waals surface area contributed by atoms with E-state index in [2.05, 4.69) is 0 Å². The highest BCUT2D eigenvalue weighted by Gasteiger charge is 2.58. The van der Waals surface area contributed by atoms with Crippen molar-refractivity contribution in [3.63, 3.8) is 0 Å². The van der Waals surface area contributed by atoms with Crippen LogP contribution in [0.15, 0.2) is 24.3 Å². The third-order valence-corrected chi connectivity index (χ3v) is 6.20. The fraction of sp³-hybridized carbons (Fsp3) is 0.538. The van der Waals surface area contributed by atoms with Gasteiger partial charge in [0.05, 0.1) is 19.8 Å². The number of hydrogen-bond donors (Lipinski definition) is 0. The summed E-state index contributed by atoms with van der Waals surface area (Å²) < 4.78 is 30.6. The van der Waals surface area contributed by atoms with Crippen LogP contribution in [0.25, 0.3) is 0 Å². The second kappa shape index (κ2) is 4.56. The normalized spacial score (nSPS) is 21.9. The molecule has 0 atom stereocenters. The summed E-state index contributed by atoms with van der Waals surface area (Å²) in [5.74, 6) is 0. The zero-order chi connectivity index (χ0) is 13.5. The number of benzene rings is 1. The molecule has 0 saturated heterocycles. The molecule has 104 valence electrons. The van der Waals surface area contributed by atoms with Crippen LogP contribution in [0, 0.1) is 0 Å². The molecule has 3 rings (SSSR count). The largest absolute Gasteiger partial charge is 0.383 e. The number of hydroxylamine groups is 1. The number of rotatable bonds is 4. The van der Waals surface area contributed by atoms with Crippen molar-refractivity contribution >= 4 is 10.0 Å². The highest BCUT2D eigenvalue weighted by atomic mass is 32.2. The Kier molecular flexibility index (Phi) is 3.13. The molecule has 0 N–H and O–H groups in total. The monoisotopic (exact) mass is 283 g/mol. The molecule has 1 aromatic carbocycles. The van der Waals surface area contributed by atoms with E-state index in [1.807, 2.05) is 24.3 Å². The van der Waals surface area contributed by atoms with Gasteiger partial charge in [0.2, 0.25) is 10.0 Å². The summed E-state index contributed by atoms with van der Waals surface area (Å²) in [6.45, 7) is 0.819. The molecule has 1 heterocycles. The first-order valence-electron chi connectivity index (χ1n) is 6.30. The first kappa shape index (κ1) is 13.1. The Morgan fingerprint density at radius 1 is 1.32 bits per heavy atom. The quantitative estimate of drug-likeness (QED) is 0.839. The van der Waals surface area contributed by atoms with E-state index < -0.39 is 14.8 Å². The molecule has 1 aromatic rings. The SMILES string of the molecule is COCC1(S(=O)(=O)N2Cc3ccccc3CO2)CC1. The molecule has 0 bridgehead atoms. The predicted molar refractivity (Wildman–Crippen MR) is 69.5 cm³/mol. The number of ether oxygens (including phenoxy) is 1. The molecule has 1 saturated carbocycles.